The highest BCUT2D eigenvalue weighted by Gasteiger charge is 2.39. The number of terminal acetylenes is 1. The van der Waals surface area contributed by atoms with E-state index in [1.807, 2.05) is 18.0 Å². The molecule has 132 valence electrons. The Kier molecular flexibility index (Phi) is 5.37. The smallest absolute Gasteiger partial charge is 0.222 e. The summed E-state index contributed by atoms with van der Waals surface area (Å²) in [7, 11) is 1.87. The monoisotopic (exact) mass is 338 g/mol. The molecule has 1 fully saturated rings. The number of hydrogen-bond donors (Lipinski definition) is 0. The van der Waals surface area contributed by atoms with Gasteiger partial charge in [-0.05, 0) is 24.5 Å². The molecule has 0 N–H and O–H groups in total. The lowest BCUT2D eigenvalue weighted by Gasteiger charge is -2.24. The quantitative estimate of drug-likeness (QED) is 0.680. The first kappa shape index (κ1) is 17.5. The molecule has 2 aliphatic rings. The molecule has 25 heavy (non-hydrogen) atoms. The van der Waals surface area contributed by atoms with Crippen molar-refractivity contribution in [2.45, 2.75) is 50.7 Å². The van der Waals surface area contributed by atoms with Crippen LogP contribution < -0.4 is 4.90 Å². The van der Waals surface area contributed by atoms with Crippen LogP contribution in [0.2, 0.25) is 0 Å². The minimum Gasteiger partial charge on any atom is -0.371 e. The molecule has 0 saturated carbocycles. The Hall–Kier alpha value is -2.35. The topological polar surface area (TPSA) is 48.3 Å². The number of carbonyl (C=O) groups excluding carboxylic acids is 1. The molecule has 5 nitrogen and oxygen atoms in total. The maximum absolute atomic E-state index is 12.5. The molecule has 0 atom stereocenters. The van der Waals surface area contributed by atoms with Gasteiger partial charge in [0.15, 0.2) is 5.66 Å². The highest BCUT2D eigenvalue weighted by atomic mass is 16.2. The predicted molar refractivity (Wildman–Crippen MR) is 99.3 cm³/mol. The van der Waals surface area contributed by atoms with Gasteiger partial charge in [-0.2, -0.15) is 10.2 Å². The van der Waals surface area contributed by atoms with Crippen LogP contribution in [0.1, 0.15) is 44.1 Å². The molecule has 0 unspecified atom stereocenters. The Balaban J connectivity index is 1.54. The van der Waals surface area contributed by atoms with Crippen LogP contribution in [-0.4, -0.2) is 36.6 Å². The minimum absolute atomic E-state index is 0.133. The normalized spacial score (nSPS) is 17.4. The second-order valence-corrected chi connectivity index (χ2v) is 6.96. The number of amides is 1. The van der Waals surface area contributed by atoms with Gasteiger partial charge in [0.2, 0.25) is 5.91 Å². The molecule has 5 heteroatoms. The van der Waals surface area contributed by atoms with Crippen LogP contribution in [0.5, 0.6) is 0 Å². The molecular formula is C20H26N4O. The summed E-state index contributed by atoms with van der Waals surface area (Å²) in [5.41, 5.74) is 2.09. The van der Waals surface area contributed by atoms with Crippen molar-refractivity contribution >= 4 is 11.6 Å². The zero-order chi connectivity index (χ0) is 17.7. The largest absolute Gasteiger partial charge is 0.371 e. The molecule has 2 heterocycles. The second-order valence-electron chi connectivity index (χ2n) is 6.96. The van der Waals surface area contributed by atoms with Gasteiger partial charge in [0.25, 0.3) is 0 Å². The first-order chi connectivity index (χ1) is 12.1. The van der Waals surface area contributed by atoms with E-state index >= 15 is 0 Å². The van der Waals surface area contributed by atoms with E-state index in [1.165, 1.54) is 24.1 Å². The summed E-state index contributed by atoms with van der Waals surface area (Å²) in [6.45, 7) is 2.85. The third-order valence-corrected chi connectivity index (χ3v) is 5.06. The fraction of sp³-hybridized carbons (Fsp3) is 0.550. The van der Waals surface area contributed by atoms with Gasteiger partial charge >= 0.3 is 0 Å². The summed E-state index contributed by atoms with van der Waals surface area (Å²) in [6.07, 6.45) is 10.3. The first-order valence-electron chi connectivity index (χ1n) is 9.08. The van der Waals surface area contributed by atoms with Crippen molar-refractivity contribution in [3.8, 4) is 12.3 Å². The lowest BCUT2D eigenvalue weighted by atomic mass is 10.0. The van der Waals surface area contributed by atoms with E-state index in [0.29, 0.717) is 25.8 Å². The number of nitrogens with zero attached hydrogens (tertiary/aromatic N) is 4. The number of anilines is 1. The molecule has 0 spiro atoms. The summed E-state index contributed by atoms with van der Waals surface area (Å²) in [5, 5.41) is 8.21. The van der Waals surface area contributed by atoms with Gasteiger partial charge in [0.1, 0.15) is 0 Å². The van der Waals surface area contributed by atoms with E-state index < -0.39 is 0 Å². The molecule has 3 rings (SSSR count). The third kappa shape index (κ3) is 4.39. The second kappa shape index (κ2) is 7.69. The summed E-state index contributed by atoms with van der Waals surface area (Å²) < 4.78 is 0. The number of hydrogen-bond acceptors (Lipinski definition) is 4. The average molecular weight is 338 g/mol. The van der Waals surface area contributed by atoms with Crippen LogP contribution in [-0.2, 0) is 11.3 Å². The number of carbonyl (C=O) groups is 1. The summed E-state index contributed by atoms with van der Waals surface area (Å²) in [6, 6.07) is 8.40. The van der Waals surface area contributed by atoms with Gasteiger partial charge < -0.3 is 9.80 Å². The maximum atomic E-state index is 12.5. The van der Waals surface area contributed by atoms with Crippen molar-refractivity contribution < 1.29 is 4.79 Å². The van der Waals surface area contributed by atoms with Crippen LogP contribution in [0.3, 0.4) is 0 Å². The first-order valence-corrected chi connectivity index (χ1v) is 9.08. The van der Waals surface area contributed by atoms with Crippen LogP contribution in [0.25, 0.3) is 0 Å². The number of rotatable bonds is 8. The lowest BCUT2D eigenvalue weighted by molar-refractivity contribution is -0.130. The molecule has 1 saturated heterocycles. The van der Waals surface area contributed by atoms with Crippen molar-refractivity contribution in [3.63, 3.8) is 0 Å². The molecule has 1 amide bonds. The Morgan fingerprint density at radius 3 is 2.68 bits per heavy atom. The summed E-state index contributed by atoms with van der Waals surface area (Å²) in [5.74, 6) is 2.75. The van der Waals surface area contributed by atoms with Gasteiger partial charge in [-0.25, -0.2) is 0 Å². The SMILES string of the molecule is C#CCCC1(CCC(=O)N(C)Cc2ccccc2N2CCCC2)N=N1. The molecule has 2 aliphatic heterocycles. The maximum Gasteiger partial charge on any atom is 0.222 e. The molecular weight excluding hydrogens is 312 g/mol. The molecule has 0 aliphatic carbocycles. The summed E-state index contributed by atoms with van der Waals surface area (Å²) in [4.78, 5) is 16.7. The van der Waals surface area contributed by atoms with Crippen molar-refractivity contribution in [2.24, 2.45) is 10.2 Å². The molecule has 1 aromatic rings. The van der Waals surface area contributed by atoms with Gasteiger partial charge in [-0.3, -0.25) is 4.79 Å². The molecule has 0 aromatic heterocycles. The van der Waals surface area contributed by atoms with Crippen molar-refractivity contribution in [1.29, 1.82) is 0 Å². The number of para-hydroxylation sites is 1. The Morgan fingerprint density at radius 1 is 1.28 bits per heavy atom. The standard InChI is InChI=1S/C20H26N4O/c1-3-4-12-20(21-22-20)13-11-19(25)23(2)16-17-9-5-6-10-18(17)24-14-7-8-15-24/h1,5-6,9-10H,4,7-8,11-16H2,2H3. The molecule has 1 aromatic carbocycles. The summed E-state index contributed by atoms with van der Waals surface area (Å²) >= 11 is 0. The minimum atomic E-state index is -0.379. The van der Waals surface area contributed by atoms with E-state index in [9.17, 15) is 4.79 Å². The van der Waals surface area contributed by atoms with E-state index in [2.05, 4.69) is 39.2 Å². The van der Waals surface area contributed by atoms with Gasteiger partial charge in [0, 0.05) is 58.1 Å². The van der Waals surface area contributed by atoms with Crippen LogP contribution in [0.4, 0.5) is 5.69 Å². The zero-order valence-electron chi connectivity index (χ0n) is 14.9. The highest BCUT2D eigenvalue weighted by Crippen LogP contribution is 2.37. The molecule has 0 bridgehead atoms. The lowest BCUT2D eigenvalue weighted by Crippen LogP contribution is -2.29. The van der Waals surface area contributed by atoms with Gasteiger partial charge in [-0.15, -0.1) is 12.3 Å². The average Bonchev–Trinajstić information content (AvgIpc) is 3.19. The van der Waals surface area contributed by atoms with Crippen LogP contribution in [0, 0.1) is 12.3 Å². The van der Waals surface area contributed by atoms with E-state index in [1.54, 1.807) is 0 Å². The fourth-order valence-electron chi connectivity index (χ4n) is 3.42. The fourth-order valence-corrected chi connectivity index (χ4v) is 3.42. The van der Waals surface area contributed by atoms with Crippen molar-refractivity contribution in [1.82, 2.24) is 4.90 Å². The van der Waals surface area contributed by atoms with E-state index in [4.69, 9.17) is 6.42 Å². The zero-order valence-corrected chi connectivity index (χ0v) is 14.9. The predicted octanol–water partition coefficient (Wildman–Crippen LogP) is 3.60. The number of benzene rings is 1. The Morgan fingerprint density at radius 2 is 2.00 bits per heavy atom. The van der Waals surface area contributed by atoms with Gasteiger partial charge in [-0.1, -0.05) is 18.2 Å². The Bertz CT molecular complexity index is 679. The van der Waals surface area contributed by atoms with Crippen LogP contribution >= 0.6 is 0 Å². The van der Waals surface area contributed by atoms with Crippen molar-refractivity contribution in [2.75, 3.05) is 25.0 Å². The van der Waals surface area contributed by atoms with Crippen LogP contribution in [0.15, 0.2) is 34.5 Å². The van der Waals surface area contributed by atoms with E-state index in [-0.39, 0.29) is 11.6 Å². The highest BCUT2D eigenvalue weighted by molar-refractivity contribution is 5.76. The van der Waals surface area contributed by atoms with Gasteiger partial charge in [0.05, 0.1) is 0 Å². The Labute approximate surface area is 150 Å². The third-order valence-electron chi connectivity index (χ3n) is 5.06. The van der Waals surface area contributed by atoms with E-state index in [0.717, 1.165) is 19.5 Å². The van der Waals surface area contributed by atoms with Crippen molar-refractivity contribution in [3.05, 3.63) is 29.8 Å². The molecule has 0 radical (unpaired) electrons.